The van der Waals surface area contributed by atoms with Gasteiger partial charge in [0.1, 0.15) is 10.6 Å². The quantitative estimate of drug-likeness (QED) is 0.732. The first-order chi connectivity index (χ1) is 6.49. The number of carboxylic acids is 1. The van der Waals surface area contributed by atoms with E-state index in [1.165, 1.54) is 0 Å². The number of rotatable bonds is 4. The number of carboxylic acid groups (broad SMARTS) is 1. The Morgan fingerprint density at radius 2 is 2.36 bits per heavy atom. The highest BCUT2D eigenvalue weighted by Crippen LogP contribution is 2.35. The van der Waals surface area contributed by atoms with Gasteiger partial charge in [-0.3, -0.25) is 0 Å². The fourth-order valence-corrected chi connectivity index (χ4v) is 2.62. The van der Waals surface area contributed by atoms with E-state index in [4.69, 9.17) is 5.11 Å². The van der Waals surface area contributed by atoms with Gasteiger partial charge in [0.2, 0.25) is 0 Å². The summed E-state index contributed by atoms with van der Waals surface area (Å²) in [5, 5.41) is 13.6. The van der Waals surface area contributed by atoms with Crippen molar-refractivity contribution in [3.8, 4) is 0 Å². The van der Waals surface area contributed by atoms with Crippen LogP contribution >= 0.6 is 11.8 Å². The van der Waals surface area contributed by atoms with Gasteiger partial charge in [-0.2, -0.15) is 0 Å². The Kier molecular flexibility index (Phi) is 3.44. The number of nitrogens with zero attached hydrogens (tertiary/aromatic N) is 1. The molecule has 1 rings (SSSR count). The van der Waals surface area contributed by atoms with Gasteiger partial charge in [-0.05, 0) is 20.5 Å². The first kappa shape index (κ1) is 11.4. The van der Waals surface area contributed by atoms with E-state index >= 15 is 0 Å². The predicted molar refractivity (Wildman–Crippen MR) is 58.0 cm³/mol. The van der Waals surface area contributed by atoms with Crippen molar-refractivity contribution in [2.75, 3.05) is 20.6 Å². The van der Waals surface area contributed by atoms with Crippen molar-refractivity contribution >= 4 is 17.7 Å². The van der Waals surface area contributed by atoms with Crippen LogP contribution in [0.3, 0.4) is 0 Å². The van der Waals surface area contributed by atoms with E-state index in [1.54, 1.807) is 17.2 Å². The zero-order valence-corrected chi connectivity index (χ0v) is 9.52. The summed E-state index contributed by atoms with van der Waals surface area (Å²) in [5.74, 6) is -0.883. The summed E-state index contributed by atoms with van der Waals surface area (Å²) in [6.45, 7) is 2.88. The molecule has 1 unspecified atom stereocenters. The van der Waals surface area contributed by atoms with Gasteiger partial charge in [0.15, 0.2) is 0 Å². The van der Waals surface area contributed by atoms with Crippen molar-refractivity contribution < 1.29 is 9.90 Å². The number of carbonyl (C=O) groups is 1. The SMILES string of the molecule is CCC1(CN(C)C)NC(C(=O)O)=CS1. The second kappa shape index (κ2) is 4.23. The van der Waals surface area contributed by atoms with Gasteiger partial charge in [0.25, 0.3) is 0 Å². The molecule has 0 aromatic rings. The summed E-state index contributed by atoms with van der Waals surface area (Å²) in [6.07, 6.45) is 0.892. The number of thioether (sulfide) groups is 1. The molecular weight excluding hydrogens is 200 g/mol. The van der Waals surface area contributed by atoms with Crippen LogP contribution in [0.4, 0.5) is 0 Å². The van der Waals surface area contributed by atoms with Gasteiger partial charge in [-0.15, -0.1) is 11.8 Å². The van der Waals surface area contributed by atoms with Gasteiger partial charge in [0.05, 0.1) is 0 Å². The third kappa shape index (κ3) is 2.42. The minimum absolute atomic E-state index is 0.169. The Bertz CT molecular complexity index is 266. The molecule has 1 atom stereocenters. The third-order valence-electron chi connectivity index (χ3n) is 2.14. The molecule has 0 saturated heterocycles. The molecule has 0 amide bonds. The summed E-state index contributed by atoms with van der Waals surface area (Å²) in [5.41, 5.74) is 0.304. The summed E-state index contributed by atoms with van der Waals surface area (Å²) in [7, 11) is 3.97. The minimum Gasteiger partial charge on any atom is -0.477 e. The molecule has 0 spiro atoms. The number of hydrogen-bond acceptors (Lipinski definition) is 4. The maximum atomic E-state index is 10.7. The van der Waals surface area contributed by atoms with Crippen LogP contribution in [0, 0.1) is 0 Å². The Morgan fingerprint density at radius 3 is 2.71 bits per heavy atom. The maximum Gasteiger partial charge on any atom is 0.352 e. The Labute approximate surface area is 88.4 Å². The minimum atomic E-state index is -0.883. The number of nitrogens with one attached hydrogen (secondary N) is 1. The molecule has 0 bridgehead atoms. The fourth-order valence-electron chi connectivity index (χ4n) is 1.45. The Balaban J connectivity index is 2.66. The lowest BCUT2D eigenvalue weighted by Gasteiger charge is -2.31. The van der Waals surface area contributed by atoms with Crippen LogP contribution in [0.5, 0.6) is 0 Å². The molecule has 0 radical (unpaired) electrons. The van der Waals surface area contributed by atoms with Crippen molar-refractivity contribution in [2.24, 2.45) is 0 Å². The smallest absolute Gasteiger partial charge is 0.352 e. The topological polar surface area (TPSA) is 52.6 Å². The van der Waals surface area contributed by atoms with E-state index in [-0.39, 0.29) is 4.87 Å². The molecule has 1 aliphatic heterocycles. The van der Waals surface area contributed by atoms with E-state index in [2.05, 4.69) is 17.1 Å². The van der Waals surface area contributed by atoms with E-state index in [0.717, 1.165) is 13.0 Å². The van der Waals surface area contributed by atoms with E-state index < -0.39 is 5.97 Å². The largest absolute Gasteiger partial charge is 0.477 e. The van der Waals surface area contributed by atoms with Crippen molar-refractivity contribution in [1.82, 2.24) is 10.2 Å². The normalized spacial score (nSPS) is 26.1. The van der Waals surface area contributed by atoms with Gasteiger partial charge >= 0.3 is 5.97 Å². The van der Waals surface area contributed by atoms with Crippen LogP contribution in [0.1, 0.15) is 13.3 Å². The van der Waals surface area contributed by atoms with Crippen LogP contribution in [0.25, 0.3) is 0 Å². The van der Waals surface area contributed by atoms with Crippen molar-refractivity contribution in [3.05, 3.63) is 11.1 Å². The summed E-state index contributed by atoms with van der Waals surface area (Å²) < 4.78 is 0. The predicted octanol–water partition coefficient (Wildman–Crippen LogP) is 0.917. The first-order valence-electron chi connectivity index (χ1n) is 4.53. The molecular formula is C9H16N2O2S. The molecule has 0 fully saturated rings. The average molecular weight is 216 g/mol. The van der Waals surface area contributed by atoms with E-state index in [1.807, 2.05) is 14.1 Å². The zero-order chi connectivity index (χ0) is 10.8. The lowest BCUT2D eigenvalue weighted by atomic mass is 10.2. The van der Waals surface area contributed by atoms with Crippen LogP contribution in [0.2, 0.25) is 0 Å². The molecule has 1 aliphatic rings. The van der Waals surface area contributed by atoms with E-state index in [9.17, 15) is 4.79 Å². The zero-order valence-electron chi connectivity index (χ0n) is 8.70. The lowest BCUT2D eigenvalue weighted by molar-refractivity contribution is -0.133. The Morgan fingerprint density at radius 1 is 1.71 bits per heavy atom. The van der Waals surface area contributed by atoms with Crippen molar-refractivity contribution in [2.45, 2.75) is 18.2 Å². The third-order valence-corrected chi connectivity index (χ3v) is 3.46. The molecule has 4 nitrogen and oxygen atoms in total. The second-order valence-electron chi connectivity index (χ2n) is 3.67. The molecule has 5 heteroatoms. The molecule has 1 heterocycles. The lowest BCUT2D eigenvalue weighted by Crippen LogP contribution is -2.46. The standard InChI is InChI=1S/C9H16N2O2S/c1-4-9(6-11(2)3)10-7(5-14-9)8(12)13/h5,10H,4,6H2,1-3H3,(H,12,13). The molecule has 0 saturated carbocycles. The molecule has 80 valence electrons. The van der Waals surface area contributed by atoms with Crippen molar-refractivity contribution in [3.63, 3.8) is 0 Å². The van der Waals surface area contributed by atoms with Crippen LogP contribution in [0.15, 0.2) is 11.1 Å². The number of hydrogen-bond donors (Lipinski definition) is 2. The maximum absolute atomic E-state index is 10.7. The van der Waals surface area contributed by atoms with E-state index in [0.29, 0.717) is 5.70 Å². The van der Waals surface area contributed by atoms with Crippen LogP contribution in [-0.2, 0) is 4.79 Å². The molecule has 0 aromatic carbocycles. The van der Waals surface area contributed by atoms with Crippen molar-refractivity contribution in [1.29, 1.82) is 0 Å². The summed E-state index contributed by atoms with van der Waals surface area (Å²) in [6, 6.07) is 0. The highest BCUT2D eigenvalue weighted by molar-refractivity contribution is 8.03. The molecule has 2 N–H and O–H groups in total. The highest BCUT2D eigenvalue weighted by Gasteiger charge is 2.35. The van der Waals surface area contributed by atoms with Gasteiger partial charge < -0.3 is 15.3 Å². The van der Waals surface area contributed by atoms with Gasteiger partial charge in [-0.1, -0.05) is 6.92 Å². The fraction of sp³-hybridized carbons (Fsp3) is 0.667. The molecule has 14 heavy (non-hydrogen) atoms. The summed E-state index contributed by atoms with van der Waals surface area (Å²) in [4.78, 5) is 12.6. The van der Waals surface area contributed by atoms with Crippen LogP contribution < -0.4 is 5.32 Å². The van der Waals surface area contributed by atoms with Gasteiger partial charge in [0, 0.05) is 12.0 Å². The van der Waals surface area contributed by atoms with Crippen LogP contribution in [-0.4, -0.2) is 41.5 Å². The van der Waals surface area contributed by atoms with Gasteiger partial charge in [-0.25, -0.2) is 4.79 Å². The Hall–Kier alpha value is -0.680. The number of likely N-dealkylation sites (N-methyl/N-ethyl adjacent to an activating group) is 1. The molecule has 0 aromatic heterocycles. The second-order valence-corrected chi connectivity index (χ2v) is 4.92. The number of aliphatic carboxylic acids is 1. The average Bonchev–Trinajstić information content (AvgIpc) is 2.49. The first-order valence-corrected chi connectivity index (χ1v) is 5.41. The molecule has 0 aliphatic carbocycles. The highest BCUT2D eigenvalue weighted by atomic mass is 32.2. The summed E-state index contributed by atoms with van der Waals surface area (Å²) >= 11 is 1.56. The monoisotopic (exact) mass is 216 g/mol.